The number of nitro benzene ring substituents is 1. The van der Waals surface area contributed by atoms with E-state index < -0.39 is 10.8 Å². The molecule has 5 rings (SSSR count). The van der Waals surface area contributed by atoms with Crippen molar-refractivity contribution in [1.29, 1.82) is 0 Å². The number of aromatic nitrogens is 1. The molecule has 2 saturated heterocycles. The van der Waals surface area contributed by atoms with Crippen molar-refractivity contribution >= 4 is 34.8 Å². The van der Waals surface area contributed by atoms with Gasteiger partial charge in [-0.2, -0.15) is 0 Å². The maximum absolute atomic E-state index is 13.4. The van der Waals surface area contributed by atoms with Crippen LogP contribution in [0.15, 0.2) is 67.0 Å². The second-order valence-electron chi connectivity index (χ2n) is 10.3. The monoisotopic (exact) mass is 571 g/mol. The van der Waals surface area contributed by atoms with Crippen LogP contribution in [0.5, 0.6) is 0 Å². The van der Waals surface area contributed by atoms with Gasteiger partial charge in [0, 0.05) is 87.0 Å². The van der Waals surface area contributed by atoms with E-state index in [9.17, 15) is 24.5 Å². The summed E-state index contributed by atoms with van der Waals surface area (Å²) < 4.78 is 0. The molecule has 2 fully saturated rings. The Morgan fingerprint density at radius 3 is 2.21 bits per heavy atom. The molecule has 2 N–H and O–H groups in total. The van der Waals surface area contributed by atoms with Gasteiger partial charge in [-0.3, -0.25) is 29.5 Å². The van der Waals surface area contributed by atoms with E-state index in [0.29, 0.717) is 62.5 Å². The summed E-state index contributed by atoms with van der Waals surface area (Å²) >= 11 is 0. The number of carbonyl (C=O) groups is 3. The number of hydrogen-bond acceptors (Lipinski definition) is 8. The summed E-state index contributed by atoms with van der Waals surface area (Å²) in [4.78, 5) is 60.0. The van der Waals surface area contributed by atoms with Crippen molar-refractivity contribution in [2.75, 3.05) is 62.6 Å². The van der Waals surface area contributed by atoms with Crippen molar-refractivity contribution < 1.29 is 19.3 Å². The molecule has 12 nitrogen and oxygen atoms in total. The molecule has 2 aliphatic rings. The van der Waals surface area contributed by atoms with Crippen LogP contribution in [0, 0.1) is 10.1 Å². The number of amides is 3. The van der Waals surface area contributed by atoms with Crippen LogP contribution in [0.2, 0.25) is 0 Å². The summed E-state index contributed by atoms with van der Waals surface area (Å²) in [6.45, 7) is 5.06. The molecule has 218 valence electrons. The lowest BCUT2D eigenvalue weighted by Crippen LogP contribution is -2.35. The van der Waals surface area contributed by atoms with Gasteiger partial charge in [-0.1, -0.05) is 0 Å². The average Bonchev–Trinajstić information content (AvgIpc) is 3.45. The van der Waals surface area contributed by atoms with E-state index in [1.54, 1.807) is 36.7 Å². The molecule has 1 aromatic heterocycles. The first-order valence-electron chi connectivity index (χ1n) is 14.0. The SMILES string of the molecule is O=C(Nc1cc(C(=O)N2CCCNCC2)ccc1N1CCCN(C(=O)c2ccncc2)CC1)c1ccc([N+](=O)[O-])cc1. The van der Waals surface area contributed by atoms with Crippen molar-refractivity contribution in [3.05, 3.63) is 93.8 Å². The lowest BCUT2D eigenvalue weighted by molar-refractivity contribution is -0.384. The third-order valence-electron chi connectivity index (χ3n) is 7.51. The summed E-state index contributed by atoms with van der Waals surface area (Å²) in [6.07, 6.45) is 4.77. The van der Waals surface area contributed by atoms with Gasteiger partial charge in [-0.25, -0.2) is 0 Å². The largest absolute Gasteiger partial charge is 0.368 e. The summed E-state index contributed by atoms with van der Waals surface area (Å²) in [5.41, 5.74) is 2.39. The number of benzene rings is 2. The lowest BCUT2D eigenvalue weighted by Gasteiger charge is -2.27. The smallest absolute Gasteiger partial charge is 0.269 e. The van der Waals surface area contributed by atoms with Crippen LogP contribution in [0.3, 0.4) is 0 Å². The van der Waals surface area contributed by atoms with Crippen LogP contribution < -0.4 is 15.5 Å². The highest BCUT2D eigenvalue weighted by Gasteiger charge is 2.24. The Hall–Kier alpha value is -4.84. The third-order valence-corrected chi connectivity index (χ3v) is 7.51. The predicted molar refractivity (Wildman–Crippen MR) is 158 cm³/mol. The predicted octanol–water partition coefficient (Wildman–Crippen LogP) is 3.03. The molecule has 0 bridgehead atoms. The number of carbonyl (C=O) groups excluding carboxylic acids is 3. The quantitative estimate of drug-likeness (QED) is 0.340. The zero-order valence-electron chi connectivity index (χ0n) is 23.2. The van der Waals surface area contributed by atoms with Gasteiger partial charge in [-0.15, -0.1) is 0 Å². The number of non-ortho nitro benzene ring substituents is 1. The molecule has 42 heavy (non-hydrogen) atoms. The molecule has 12 heteroatoms. The van der Waals surface area contributed by atoms with Crippen LogP contribution >= 0.6 is 0 Å². The molecule has 3 amide bonds. The van der Waals surface area contributed by atoms with Gasteiger partial charge >= 0.3 is 0 Å². The highest BCUT2D eigenvalue weighted by atomic mass is 16.6. The van der Waals surface area contributed by atoms with E-state index in [-0.39, 0.29) is 23.1 Å². The minimum absolute atomic E-state index is 0.0566. The van der Waals surface area contributed by atoms with Crippen LogP contribution in [0.4, 0.5) is 17.1 Å². The number of pyridine rings is 1. The van der Waals surface area contributed by atoms with E-state index in [0.717, 1.165) is 25.2 Å². The first-order chi connectivity index (χ1) is 20.4. The third kappa shape index (κ3) is 6.72. The molecule has 0 saturated carbocycles. The van der Waals surface area contributed by atoms with E-state index >= 15 is 0 Å². The van der Waals surface area contributed by atoms with Gasteiger partial charge in [0.25, 0.3) is 23.4 Å². The van der Waals surface area contributed by atoms with Gasteiger partial charge < -0.3 is 25.3 Å². The molecule has 3 aromatic rings. The van der Waals surface area contributed by atoms with Gasteiger partial charge in [0.15, 0.2) is 0 Å². The molecule has 0 unspecified atom stereocenters. The first kappa shape index (κ1) is 28.7. The lowest BCUT2D eigenvalue weighted by atomic mass is 10.1. The van der Waals surface area contributed by atoms with Gasteiger partial charge in [0.2, 0.25) is 0 Å². The molecule has 2 aliphatic heterocycles. The highest BCUT2D eigenvalue weighted by Crippen LogP contribution is 2.30. The zero-order valence-corrected chi connectivity index (χ0v) is 23.2. The summed E-state index contributed by atoms with van der Waals surface area (Å²) in [5, 5.41) is 17.3. The maximum Gasteiger partial charge on any atom is 0.269 e. The van der Waals surface area contributed by atoms with E-state index in [1.165, 1.54) is 24.3 Å². The minimum Gasteiger partial charge on any atom is -0.368 e. The van der Waals surface area contributed by atoms with Gasteiger partial charge in [0.05, 0.1) is 16.3 Å². The molecule has 0 atom stereocenters. The Morgan fingerprint density at radius 2 is 1.45 bits per heavy atom. The molecular formula is C30H33N7O5. The normalized spacial score (nSPS) is 15.9. The van der Waals surface area contributed by atoms with Crippen molar-refractivity contribution in [3.8, 4) is 0 Å². The first-order valence-corrected chi connectivity index (χ1v) is 14.0. The molecule has 2 aromatic carbocycles. The summed E-state index contributed by atoms with van der Waals surface area (Å²) in [5.74, 6) is -0.612. The summed E-state index contributed by atoms with van der Waals surface area (Å²) in [6, 6.07) is 14.1. The van der Waals surface area contributed by atoms with Crippen LogP contribution in [0.1, 0.15) is 43.9 Å². The fourth-order valence-electron chi connectivity index (χ4n) is 5.24. The van der Waals surface area contributed by atoms with Crippen molar-refractivity contribution in [3.63, 3.8) is 0 Å². The minimum atomic E-state index is -0.519. The van der Waals surface area contributed by atoms with Crippen molar-refractivity contribution in [1.82, 2.24) is 20.1 Å². The Bertz CT molecular complexity index is 1440. The van der Waals surface area contributed by atoms with Crippen LogP contribution in [0.25, 0.3) is 0 Å². The fourth-order valence-corrected chi connectivity index (χ4v) is 5.24. The van der Waals surface area contributed by atoms with Crippen molar-refractivity contribution in [2.45, 2.75) is 12.8 Å². The van der Waals surface area contributed by atoms with Gasteiger partial charge in [0.1, 0.15) is 0 Å². The van der Waals surface area contributed by atoms with Gasteiger partial charge in [-0.05, 0) is 61.9 Å². The standard InChI is InChI=1S/C30H33N7O5/c38-28(22-3-6-25(7-4-22)37(41)42)33-26-21-24(30(40)35-15-1-11-31-14-18-35)5-8-27(26)34-16-2-17-36(20-19-34)29(39)23-9-12-32-13-10-23/h3-10,12-13,21,31H,1-2,11,14-20H2,(H,33,38). The van der Waals surface area contributed by atoms with E-state index in [1.807, 2.05) is 15.9 Å². The average molecular weight is 572 g/mol. The summed E-state index contributed by atoms with van der Waals surface area (Å²) in [7, 11) is 0. The number of nitrogens with one attached hydrogen (secondary N) is 2. The second kappa shape index (κ2) is 13.2. The number of rotatable bonds is 6. The number of hydrogen-bond donors (Lipinski definition) is 2. The Balaban J connectivity index is 1.40. The zero-order chi connectivity index (χ0) is 29.5. The van der Waals surface area contributed by atoms with Crippen LogP contribution in [-0.4, -0.2) is 89.8 Å². The van der Waals surface area contributed by atoms with E-state index in [2.05, 4.69) is 20.5 Å². The topological polar surface area (TPSA) is 141 Å². The Labute approximate surface area is 243 Å². The Morgan fingerprint density at radius 1 is 0.762 bits per heavy atom. The maximum atomic E-state index is 13.4. The molecule has 3 heterocycles. The number of anilines is 2. The fraction of sp³-hybridized carbons (Fsp3) is 0.333. The van der Waals surface area contributed by atoms with Crippen molar-refractivity contribution in [2.24, 2.45) is 0 Å². The Kier molecular flexibility index (Phi) is 9.02. The molecule has 0 spiro atoms. The second-order valence-corrected chi connectivity index (χ2v) is 10.3. The number of nitrogens with zero attached hydrogens (tertiary/aromatic N) is 5. The van der Waals surface area contributed by atoms with E-state index in [4.69, 9.17) is 0 Å². The van der Waals surface area contributed by atoms with Crippen LogP contribution in [-0.2, 0) is 0 Å². The molecule has 0 aliphatic carbocycles. The highest BCUT2D eigenvalue weighted by molar-refractivity contribution is 6.07. The number of nitro groups is 1. The molecule has 0 radical (unpaired) electrons. The molecular weight excluding hydrogens is 538 g/mol.